The largest absolute Gasteiger partial charge is 0.477 e. The number of hydrogen-bond acceptors (Lipinski definition) is 4. The Morgan fingerprint density at radius 2 is 2.15 bits per heavy atom. The molecule has 2 heterocycles. The van der Waals surface area contributed by atoms with Crippen molar-refractivity contribution in [3.05, 3.63) is 23.9 Å². The fourth-order valence-corrected chi connectivity index (χ4v) is 3.96. The fraction of sp³-hybridized carbons (Fsp3) is 0.700. The first-order valence-electron chi connectivity index (χ1n) is 10.1. The average molecular weight is 487 g/mol. The predicted octanol–water partition coefficient (Wildman–Crippen LogP) is 3.17. The highest BCUT2D eigenvalue weighted by molar-refractivity contribution is 14.0. The molecule has 152 valence electrons. The van der Waals surface area contributed by atoms with E-state index in [-0.39, 0.29) is 24.0 Å². The van der Waals surface area contributed by atoms with E-state index in [4.69, 9.17) is 4.74 Å². The molecule has 1 aliphatic carbocycles. The van der Waals surface area contributed by atoms with Crippen molar-refractivity contribution < 1.29 is 4.74 Å². The zero-order valence-electron chi connectivity index (χ0n) is 16.6. The second kappa shape index (κ2) is 11.7. The van der Waals surface area contributed by atoms with Crippen molar-refractivity contribution in [1.29, 1.82) is 0 Å². The molecule has 3 rings (SSSR count). The van der Waals surface area contributed by atoms with Gasteiger partial charge in [0.25, 0.3) is 0 Å². The number of pyridine rings is 1. The van der Waals surface area contributed by atoms with Crippen LogP contribution in [0, 0.1) is 0 Å². The highest BCUT2D eigenvalue weighted by Gasteiger charge is 2.30. The summed E-state index contributed by atoms with van der Waals surface area (Å²) < 4.78 is 5.74. The Balaban J connectivity index is 0.00000261. The van der Waals surface area contributed by atoms with E-state index >= 15 is 0 Å². The van der Waals surface area contributed by atoms with Crippen LogP contribution in [0.4, 0.5) is 0 Å². The minimum Gasteiger partial charge on any atom is -0.477 e. The predicted molar refractivity (Wildman–Crippen MR) is 121 cm³/mol. The second-order valence-corrected chi connectivity index (χ2v) is 7.31. The molecular formula is C20H34IN5O. The second-order valence-electron chi connectivity index (χ2n) is 7.31. The molecule has 0 spiro atoms. The molecule has 1 saturated heterocycles. The number of nitrogens with one attached hydrogen (secondary N) is 2. The van der Waals surface area contributed by atoms with Gasteiger partial charge in [0.1, 0.15) is 0 Å². The summed E-state index contributed by atoms with van der Waals surface area (Å²) in [7, 11) is 1.83. The summed E-state index contributed by atoms with van der Waals surface area (Å²) in [6.45, 7) is 5.78. The van der Waals surface area contributed by atoms with Crippen LogP contribution >= 0.6 is 24.0 Å². The molecule has 0 aromatic carbocycles. The molecule has 2 N–H and O–H groups in total. The Bertz CT molecular complexity index is 591. The highest BCUT2D eigenvalue weighted by Crippen LogP contribution is 2.26. The molecule has 0 amide bonds. The van der Waals surface area contributed by atoms with Gasteiger partial charge in [-0.1, -0.05) is 25.8 Å². The van der Waals surface area contributed by atoms with E-state index in [0.29, 0.717) is 25.1 Å². The summed E-state index contributed by atoms with van der Waals surface area (Å²) in [5.41, 5.74) is 1.06. The molecule has 0 radical (unpaired) electrons. The Hall–Kier alpha value is -1.09. The lowest BCUT2D eigenvalue weighted by Crippen LogP contribution is -2.45. The highest BCUT2D eigenvalue weighted by atomic mass is 127. The van der Waals surface area contributed by atoms with Crippen molar-refractivity contribution in [3.63, 3.8) is 0 Å². The summed E-state index contributed by atoms with van der Waals surface area (Å²) in [6.07, 6.45) is 9.49. The minimum atomic E-state index is 0. The Kier molecular flexibility index (Phi) is 9.61. The van der Waals surface area contributed by atoms with Crippen molar-refractivity contribution >= 4 is 29.9 Å². The third kappa shape index (κ3) is 6.48. The zero-order chi connectivity index (χ0) is 18.2. The number of aromatic nitrogens is 1. The standard InChI is InChI=1S/C20H33N5O.HI/c1-3-13-26-19-16(7-6-11-22-19)14-23-20(21-2)24-17-10-12-25(15-17)18-8-4-5-9-18;/h6-7,11,17-18H,3-5,8-10,12-15H2,1-2H3,(H2,21,23,24);1H. The molecule has 2 fully saturated rings. The molecule has 1 saturated carbocycles. The maximum Gasteiger partial charge on any atom is 0.218 e. The summed E-state index contributed by atoms with van der Waals surface area (Å²) in [6, 6.07) is 5.29. The van der Waals surface area contributed by atoms with Crippen molar-refractivity contribution in [2.75, 3.05) is 26.7 Å². The molecule has 7 heteroatoms. The van der Waals surface area contributed by atoms with Crippen LogP contribution in [-0.4, -0.2) is 54.7 Å². The molecular weight excluding hydrogens is 453 g/mol. The molecule has 0 bridgehead atoms. The minimum absolute atomic E-state index is 0. The van der Waals surface area contributed by atoms with Gasteiger partial charge >= 0.3 is 0 Å². The first-order chi connectivity index (χ1) is 12.8. The van der Waals surface area contributed by atoms with Gasteiger partial charge in [0, 0.05) is 50.5 Å². The fourth-order valence-electron chi connectivity index (χ4n) is 3.96. The number of nitrogens with zero attached hydrogens (tertiary/aromatic N) is 3. The van der Waals surface area contributed by atoms with E-state index in [0.717, 1.165) is 30.5 Å². The van der Waals surface area contributed by atoms with Crippen LogP contribution in [0.1, 0.15) is 51.0 Å². The van der Waals surface area contributed by atoms with Gasteiger partial charge in [0.05, 0.1) is 6.61 Å². The van der Waals surface area contributed by atoms with Crippen LogP contribution in [0.5, 0.6) is 5.88 Å². The quantitative estimate of drug-likeness (QED) is 0.352. The number of likely N-dealkylation sites (tertiary alicyclic amines) is 1. The summed E-state index contributed by atoms with van der Waals surface area (Å²) in [5.74, 6) is 1.57. The van der Waals surface area contributed by atoms with Gasteiger partial charge in [-0.2, -0.15) is 0 Å². The molecule has 6 nitrogen and oxygen atoms in total. The first kappa shape index (κ1) is 22.2. The Labute approximate surface area is 180 Å². The zero-order valence-corrected chi connectivity index (χ0v) is 18.9. The maximum absolute atomic E-state index is 5.74. The van der Waals surface area contributed by atoms with Gasteiger partial charge in [-0.15, -0.1) is 24.0 Å². The van der Waals surface area contributed by atoms with Gasteiger partial charge in [-0.3, -0.25) is 9.89 Å². The van der Waals surface area contributed by atoms with E-state index in [1.807, 2.05) is 13.1 Å². The van der Waals surface area contributed by atoms with Gasteiger partial charge in [-0.25, -0.2) is 4.98 Å². The molecule has 27 heavy (non-hydrogen) atoms. The smallest absolute Gasteiger partial charge is 0.218 e. The number of guanidine groups is 1. The van der Waals surface area contributed by atoms with Crippen LogP contribution in [-0.2, 0) is 6.54 Å². The maximum atomic E-state index is 5.74. The van der Waals surface area contributed by atoms with Crippen LogP contribution in [0.25, 0.3) is 0 Å². The third-order valence-corrected chi connectivity index (χ3v) is 5.36. The van der Waals surface area contributed by atoms with E-state index < -0.39 is 0 Å². The topological polar surface area (TPSA) is 61.8 Å². The summed E-state index contributed by atoms with van der Waals surface area (Å²) >= 11 is 0. The Morgan fingerprint density at radius 3 is 2.89 bits per heavy atom. The van der Waals surface area contributed by atoms with Gasteiger partial charge in [0.15, 0.2) is 5.96 Å². The van der Waals surface area contributed by atoms with Crippen molar-refractivity contribution in [1.82, 2.24) is 20.5 Å². The lowest BCUT2D eigenvalue weighted by Gasteiger charge is -2.24. The van der Waals surface area contributed by atoms with E-state index in [2.05, 4.69) is 38.5 Å². The lowest BCUT2D eigenvalue weighted by molar-refractivity contribution is 0.242. The van der Waals surface area contributed by atoms with Gasteiger partial charge in [0.2, 0.25) is 5.88 Å². The number of aliphatic imine (C=N–C) groups is 1. The van der Waals surface area contributed by atoms with E-state index in [1.54, 1.807) is 6.20 Å². The molecule has 1 aromatic rings. The first-order valence-corrected chi connectivity index (χ1v) is 10.1. The number of hydrogen-bond donors (Lipinski definition) is 2. The Morgan fingerprint density at radius 1 is 1.33 bits per heavy atom. The molecule has 1 atom stereocenters. The number of rotatable bonds is 7. The van der Waals surface area contributed by atoms with E-state index in [1.165, 1.54) is 38.6 Å². The van der Waals surface area contributed by atoms with Crippen LogP contribution in [0.2, 0.25) is 0 Å². The third-order valence-electron chi connectivity index (χ3n) is 5.36. The van der Waals surface area contributed by atoms with Crippen LogP contribution in [0.15, 0.2) is 23.3 Å². The molecule has 2 aliphatic rings. The van der Waals surface area contributed by atoms with Crippen molar-refractivity contribution in [2.45, 2.75) is 64.1 Å². The molecule has 1 unspecified atom stereocenters. The normalized spacial score (nSPS) is 21.1. The van der Waals surface area contributed by atoms with E-state index in [9.17, 15) is 0 Å². The SMILES string of the molecule is CCCOc1ncccc1CNC(=NC)NC1CCN(C2CCCC2)C1.I. The number of halogens is 1. The van der Waals surface area contributed by atoms with Crippen molar-refractivity contribution in [2.24, 2.45) is 4.99 Å². The van der Waals surface area contributed by atoms with Crippen LogP contribution < -0.4 is 15.4 Å². The van der Waals surface area contributed by atoms with Crippen molar-refractivity contribution in [3.8, 4) is 5.88 Å². The van der Waals surface area contributed by atoms with Gasteiger partial charge < -0.3 is 15.4 Å². The van der Waals surface area contributed by atoms with Crippen LogP contribution in [0.3, 0.4) is 0 Å². The van der Waals surface area contributed by atoms with Gasteiger partial charge in [-0.05, 0) is 31.7 Å². The molecule has 1 aliphatic heterocycles. The lowest BCUT2D eigenvalue weighted by atomic mass is 10.2. The number of ether oxygens (including phenoxy) is 1. The molecule has 1 aromatic heterocycles. The summed E-state index contributed by atoms with van der Waals surface area (Å²) in [4.78, 5) is 11.4. The summed E-state index contributed by atoms with van der Waals surface area (Å²) in [5, 5.41) is 7.00. The monoisotopic (exact) mass is 487 g/mol. The average Bonchev–Trinajstić information content (AvgIpc) is 3.35.